The van der Waals surface area contributed by atoms with Crippen molar-refractivity contribution in [2.75, 3.05) is 19.7 Å². The third kappa shape index (κ3) is 4.25. The Bertz CT molecular complexity index is 858. The SMILES string of the molecule is CC1(C)OCC(CNC(=O)CNC(=O)C2CC2(c2ccccc2)c2ccccc2)O1. The van der Waals surface area contributed by atoms with Crippen LogP contribution in [0.5, 0.6) is 0 Å². The number of hydrogen-bond acceptors (Lipinski definition) is 4. The molecular weight excluding hydrogens is 380 g/mol. The first-order chi connectivity index (χ1) is 14.4. The average Bonchev–Trinajstić information content (AvgIpc) is 3.43. The molecule has 2 unspecified atom stereocenters. The second-order valence-electron chi connectivity index (χ2n) is 8.43. The molecule has 2 N–H and O–H groups in total. The third-order valence-electron chi connectivity index (χ3n) is 5.87. The van der Waals surface area contributed by atoms with Gasteiger partial charge in [-0.2, -0.15) is 0 Å². The van der Waals surface area contributed by atoms with E-state index in [1.807, 2.05) is 50.2 Å². The van der Waals surface area contributed by atoms with Crippen LogP contribution in [0.15, 0.2) is 60.7 Å². The zero-order valence-corrected chi connectivity index (χ0v) is 17.4. The highest BCUT2D eigenvalue weighted by molar-refractivity contribution is 5.89. The summed E-state index contributed by atoms with van der Waals surface area (Å²) in [5.74, 6) is -1.14. The molecule has 1 heterocycles. The van der Waals surface area contributed by atoms with Crippen LogP contribution in [0.4, 0.5) is 0 Å². The number of nitrogens with one attached hydrogen (secondary N) is 2. The number of amides is 2. The van der Waals surface area contributed by atoms with Gasteiger partial charge in [0, 0.05) is 12.0 Å². The van der Waals surface area contributed by atoms with Crippen LogP contribution in [0.3, 0.4) is 0 Å². The van der Waals surface area contributed by atoms with E-state index in [0.29, 0.717) is 13.2 Å². The lowest BCUT2D eigenvalue weighted by Crippen LogP contribution is -2.41. The lowest BCUT2D eigenvalue weighted by Gasteiger charge is -2.19. The highest BCUT2D eigenvalue weighted by Gasteiger charge is 2.60. The maximum atomic E-state index is 12.9. The number of benzene rings is 2. The van der Waals surface area contributed by atoms with Crippen molar-refractivity contribution in [3.05, 3.63) is 71.8 Å². The van der Waals surface area contributed by atoms with Gasteiger partial charge in [0.2, 0.25) is 11.8 Å². The highest BCUT2D eigenvalue weighted by atomic mass is 16.7. The molecule has 1 saturated heterocycles. The van der Waals surface area contributed by atoms with Crippen LogP contribution >= 0.6 is 0 Å². The molecule has 2 fully saturated rings. The summed E-state index contributed by atoms with van der Waals surface area (Å²) in [7, 11) is 0. The Labute approximate surface area is 177 Å². The fourth-order valence-electron chi connectivity index (χ4n) is 4.30. The van der Waals surface area contributed by atoms with Crippen LogP contribution in [0, 0.1) is 5.92 Å². The monoisotopic (exact) mass is 408 g/mol. The van der Waals surface area contributed by atoms with Gasteiger partial charge in [-0.25, -0.2) is 0 Å². The van der Waals surface area contributed by atoms with Crippen LogP contribution in [-0.2, 0) is 24.5 Å². The van der Waals surface area contributed by atoms with E-state index in [2.05, 4.69) is 34.9 Å². The van der Waals surface area contributed by atoms with E-state index in [-0.39, 0.29) is 35.8 Å². The van der Waals surface area contributed by atoms with E-state index in [4.69, 9.17) is 9.47 Å². The quantitative estimate of drug-likeness (QED) is 0.738. The Balaban J connectivity index is 1.34. The predicted octanol–water partition coefficient (Wildman–Crippen LogP) is 2.38. The van der Waals surface area contributed by atoms with Gasteiger partial charge in [-0.05, 0) is 31.4 Å². The van der Waals surface area contributed by atoms with E-state index >= 15 is 0 Å². The molecule has 1 aliphatic heterocycles. The Kier molecular flexibility index (Phi) is 5.62. The molecule has 1 aliphatic carbocycles. The van der Waals surface area contributed by atoms with E-state index in [0.717, 1.165) is 17.5 Å². The molecule has 30 heavy (non-hydrogen) atoms. The summed E-state index contributed by atoms with van der Waals surface area (Å²) in [6, 6.07) is 20.2. The second kappa shape index (κ2) is 8.20. The molecular formula is C24H28N2O4. The minimum atomic E-state index is -0.617. The normalized spacial score (nSPS) is 23.5. The topological polar surface area (TPSA) is 76.7 Å². The average molecular weight is 408 g/mol. The minimum Gasteiger partial charge on any atom is -0.352 e. The zero-order chi connectivity index (χ0) is 21.2. The predicted molar refractivity (Wildman–Crippen MR) is 113 cm³/mol. The van der Waals surface area contributed by atoms with Gasteiger partial charge < -0.3 is 20.1 Å². The Morgan fingerprint density at radius 3 is 2.10 bits per heavy atom. The van der Waals surface area contributed by atoms with Gasteiger partial charge in [0.25, 0.3) is 0 Å². The van der Waals surface area contributed by atoms with E-state index in [1.165, 1.54) is 0 Å². The number of ether oxygens (including phenoxy) is 2. The van der Waals surface area contributed by atoms with Crippen molar-refractivity contribution < 1.29 is 19.1 Å². The Morgan fingerprint density at radius 2 is 1.57 bits per heavy atom. The molecule has 0 bridgehead atoms. The van der Waals surface area contributed by atoms with Gasteiger partial charge in [-0.1, -0.05) is 60.7 Å². The first kappa shape index (κ1) is 20.6. The summed E-state index contributed by atoms with van der Waals surface area (Å²) in [5.41, 5.74) is 1.92. The number of rotatable bonds is 7. The van der Waals surface area contributed by atoms with Gasteiger partial charge in [-0.3, -0.25) is 9.59 Å². The molecule has 0 spiro atoms. The van der Waals surface area contributed by atoms with Crippen molar-refractivity contribution in [2.45, 2.75) is 37.6 Å². The largest absolute Gasteiger partial charge is 0.352 e. The third-order valence-corrected chi connectivity index (χ3v) is 5.87. The van der Waals surface area contributed by atoms with Crippen LogP contribution < -0.4 is 10.6 Å². The van der Waals surface area contributed by atoms with Gasteiger partial charge in [0.1, 0.15) is 6.10 Å². The number of carbonyl (C=O) groups is 2. The summed E-state index contributed by atoms with van der Waals surface area (Å²) in [4.78, 5) is 25.1. The summed E-state index contributed by atoms with van der Waals surface area (Å²) in [6.45, 7) is 4.44. The maximum absolute atomic E-state index is 12.9. The van der Waals surface area contributed by atoms with E-state index in [9.17, 15) is 9.59 Å². The number of carbonyl (C=O) groups excluding carboxylic acids is 2. The summed E-state index contributed by atoms with van der Waals surface area (Å²) >= 11 is 0. The molecule has 158 valence electrons. The molecule has 2 aliphatic rings. The molecule has 1 saturated carbocycles. The molecule has 2 atom stereocenters. The molecule has 4 rings (SSSR count). The Morgan fingerprint density at radius 1 is 0.967 bits per heavy atom. The minimum absolute atomic E-state index is 0.0496. The summed E-state index contributed by atoms with van der Waals surface area (Å²) in [6.07, 6.45) is 0.559. The maximum Gasteiger partial charge on any atom is 0.239 e. The van der Waals surface area contributed by atoms with Gasteiger partial charge in [-0.15, -0.1) is 0 Å². The van der Waals surface area contributed by atoms with Crippen LogP contribution in [0.1, 0.15) is 31.4 Å². The summed E-state index contributed by atoms with van der Waals surface area (Å²) < 4.78 is 11.2. The van der Waals surface area contributed by atoms with Crippen molar-refractivity contribution >= 4 is 11.8 Å². The first-order valence-corrected chi connectivity index (χ1v) is 10.4. The fourth-order valence-corrected chi connectivity index (χ4v) is 4.30. The summed E-state index contributed by atoms with van der Waals surface area (Å²) in [5, 5.41) is 5.61. The van der Waals surface area contributed by atoms with E-state index < -0.39 is 5.79 Å². The van der Waals surface area contributed by atoms with Crippen molar-refractivity contribution in [1.29, 1.82) is 0 Å². The van der Waals surface area contributed by atoms with Gasteiger partial charge in [0.05, 0.1) is 19.1 Å². The standard InChI is InChI=1S/C24H28N2O4/c1-23(2)29-16-19(30-23)14-25-21(27)15-26-22(28)20-13-24(20,17-9-5-3-6-10-17)18-11-7-4-8-12-18/h3-12,19-20H,13-16H2,1-2H3,(H,25,27)(H,26,28). The van der Waals surface area contributed by atoms with Crippen LogP contribution in [0.25, 0.3) is 0 Å². The van der Waals surface area contributed by atoms with Crippen molar-refractivity contribution in [2.24, 2.45) is 5.92 Å². The number of hydrogen-bond donors (Lipinski definition) is 2. The zero-order valence-electron chi connectivity index (χ0n) is 17.4. The smallest absolute Gasteiger partial charge is 0.239 e. The van der Waals surface area contributed by atoms with Gasteiger partial charge >= 0.3 is 0 Å². The molecule has 2 aromatic carbocycles. The van der Waals surface area contributed by atoms with Gasteiger partial charge in [0.15, 0.2) is 5.79 Å². The van der Waals surface area contributed by atoms with Crippen molar-refractivity contribution in [3.8, 4) is 0 Å². The highest BCUT2D eigenvalue weighted by Crippen LogP contribution is 2.58. The lowest BCUT2D eigenvalue weighted by molar-refractivity contribution is -0.139. The molecule has 6 heteroatoms. The second-order valence-corrected chi connectivity index (χ2v) is 8.43. The Hall–Kier alpha value is -2.70. The van der Waals surface area contributed by atoms with Crippen molar-refractivity contribution in [1.82, 2.24) is 10.6 Å². The lowest BCUT2D eigenvalue weighted by atomic mass is 9.85. The van der Waals surface area contributed by atoms with Crippen molar-refractivity contribution in [3.63, 3.8) is 0 Å². The molecule has 6 nitrogen and oxygen atoms in total. The molecule has 0 aromatic heterocycles. The van der Waals surface area contributed by atoms with E-state index in [1.54, 1.807) is 0 Å². The van der Waals surface area contributed by atoms with Crippen LogP contribution in [0.2, 0.25) is 0 Å². The molecule has 2 aromatic rings. The van der Waals surface area contributed by atoms with Crippen LogP contribution in [-0.4, -0.2) is 43.4 Å². The molecule has 2 amide bonds. The molecule has 0 radical (unpaired) electrons. The fraction of sp³-hybridized carbons (Fsp3) is 0.417. The first-order valence-electron chi connectivity index (χ1n) is 10.4.